The van der Waals surface area contributed by atoms with Gasteiger partial charge in [0.1, 0.15) is 5.75 Å². The number of ether oxygens (including phenoxy) is 1. The van der Waals surface area contributed by atoms with Crippen LogP contribution in [0.1, 0.15) is 11.1 Å². The van der Waals surface area contributed by atoms with Crippen LogP contribution in [0.25, 0.3) is 11.3 Å². The number of benzene rings is 2. The van der Waals surface area contributed by atoms with Gasteiger partial charge in [0.05, 0.1) is 19.3 Å². The van der Waals surface area contributed by atoms with E-state index in [1.54, 1.807) is 19.2 Å². The summed E-state index contributed by atoms with van der Waals surface area (Å²) in [6.45, 7) is 2.49. The number of hydrogen-bond donors (Lipinski definition) is 0. The van der Waals surface area contributed by atoms with E-state index in [0.29, 0.717) is 6.54 Å². The van der Waals surface area contributed by atoms with Crippen molar-refractivity contribution in [2.75, 3.05) is 7.11 Å². The third-order valence-corrected chi connectivity index (χ3v) is 3.65. The average molecular weight is 306 g/mol. The Morgan fingerprint density at radius 2 is 1.87 bits per heavy atom. The van der Waals surface area contributed by atoms with Gasteiger partial charge >= 0.3 is 0 Å². The zero-order valence-electron chi connectivity index (χ0n) is 13.2. The summed E-state index contributed by atoms with van der Waals surface area (Å²) >= 11 is 0. The van der Waals surface area contributed by atoms with Crippen molar-refractivity contribution in [1.29, 1.82) is 0 Å². The summed E-state index contributed by atoms with van der Waals surface area (Å²) in [6.07, 6.45) is 0. The van der Waals surface area contributed by atoms with Gasteiger partial charge in [0.15, 0.2) is 0 Å². The molecular formula is C19H18N2O2. The normalized spacial score (nSPS) is 10.5. The number of hydrogen-bond acceptors (Lipinski definition) is 3. The lowest BCUT2D eigenvalue weighted by Gasteiger charge is -2.09. The van der Waals surface area contributed by atoms with Crippen LogP contribution >= 0.6 is 0 Å². The summed E-state index contributed by atoms with van der Waals surface area (Å²) < 4.78 is 6.73. The molecule has 4 nitrogen and oxygen atoms in total. The highest BCUT2D eigenvalue weighted by Gasteiger charge is 2.05. The summed E-state index contributed by atoms with van der Waals surface area (Å²) in [5, 5.41) is 4.49. The molecule has 0 bridgehead atoms. The fraction of sp³-hybridized carbons (Fsp3) is 0.158. The molecule has 23 heavy (non-hydrogen) atoms. The molecule has 0 aliphatic heterocycles. The van der Waals surface area contributed by atoms with Crippen molar-refractivity contribution >= 4 is 0 Å². The van der Waals surface area contributed by atoms with Crippen LogP contribution in [-0.4, -0.2) is 16.9 Å². The van der Waals surface area contributed by atoms with Gasteiger partial charge in [0.2, 0.25) is 0 Å². The Labute approximate surface area is 135 Å². The minimum Gasteiger partial charge on any atom is -0.497 e. The molecule has 0 amide bonds. The second kappa shape index (κ2) is 6.48. The molecule has 1 aromatic heterocycles. The molecule has 0 N–H and O–H groups in total. The zero-order valence-corrected chi connectivity index (χ0v) is 13.2. The maximum Gasteiger partial charge on any atom is 0.267 e. The van der Waals surface area contributed by atoms with Crippen LogP contribution in [0.3, 0.4) is 0 Å². The molecule has 4 heteroatoms. The minimum atomic E-state index is -0.113. The largest absolute Gasteiger partial charge is 0.497 e. The second-order valence-corrected chi connectivity index (χ2v) is 5.44. The highest BCUT2D eigenvalue weighted by Crippen LogP contribution is 2.21. The molecule has 0 atom stereocenters. The molecule has 0 radical (unpaired) electrons. The summed E-state index contributed by atoms with van der Waals surface area (Å²) in [4.78, 5) is 12.1. The van der Waals surface area contributed by atoms with E-state index < -0.39 is 0 Å². The van der Waals surface area contributed by atoms with E-state index >= 15 is 0 Å². The van der Waals surface area contributed by atoms with Crippen LogP contribution in [0.15, 0.2) is 65.5 Å². The van der Waals surface area contributed by atoms with Crippen LogP contribution in [0.5, 0.6) is 5.75 Å². The monoisotopic (exact) mass is 306 g/mol. The SMILES string of the molecule is COc1cccc(-c2ccc(=O)n(Cc3cccc(C)c3)n2)c1. The van der Waals surface area contributed by atoms with Gasteiger partial charge in [-0.1, -0.05) is 42.0 Å². The van der Waals surface area contributed by atoms with Gasteiger partial charge in [-0.15, -0.1) is 0 Å². The topological polar surface area (TPSA) is 44.1 Å². The first-order chi connectivity index (χ1) is 11.2. The van der Waals surface area contributed by atoms with Crippen molar-refractivity contribution < 1.29 is 4.74 Å². The molecule has 3 rings (SSSR count). The standard InChI is InChI=1S/C19H18N2O2/c1-14-5-3-6-15(11-14)13-21-19(22)10-9-18(20-21)16-7-4-8-17(12-16)23-2/h3-12H,13H2,1-2H3. The molecule has 0 aliphatic rings. The molecular weight excluding hydrogens is 288 g/mol. The Balaban J connectivity index is 1.97. The Morgan fingerprint density at radius 3 is 2.65 bits per heavy atom. The van der Waals surface area contributed by atoms with Gasteiger partial charge in [-0.05, 0) is 30.7 Å². The van der Waals surface area contributed by atoms with E-state index in [0.717, 1.165) is 22.6 Å². The van der Waals surface area contributed by atoms with Crippen molar-refractivity contribution in [1.82, 2.24) is 9.78 Å². The third kappa shape index (κ3) is 3.48. The predicted octanol–water partition coefficient (Wildman–Crippen LogP) is 3.28. The van der Waals surface area contributed by atoms with Gasteiger partial charge in [0.25, 0.3) is 5.56 Å². The van der Waals surface area contributed by atoms with Gasteiger partial charge in [-0.25, -0.2) is 4.68 Å². The number of methoxy groups -OCH3 is 1. The fourth-order valence-electron chi connectivity index (χ4n) is 2.48. The number of nitrogens with zero attached hydrogens (tertiary/aromatic N) is 2. The summed E-state index contributed by atoms with van der Waals surface area (Å²) in [6, 6.07) is 19.0. The third-order valence-electron chi connectivity index (χ3n) is 3.65. The molecule has 2 aromatic carbocycles. The first-order valence-electron chi connectivity index (χ1n) is 7.44. The van der Waals surface area contributed by atoms with E-state index in [4.69, 9.17) is 4.74 Å². The van der Waals surface area contributed by atoms with Crippen molar-refractivity contribution in [3.8, 4) is 17.0 Å². The molecule has 0 spiro atoms. The van der Waals surface area contributed by atoms with Crippen LogP contribution in [0, 0.1) is 6.92 Å². The maximum atomic E-state index is 12.1. The van der Waals surface area contributed by atoms with Crippen molar-refractivity contribution in [3.05, 3.63) is 82.1 Å². The number of rotatable bonds is 4. The second-order valence-electron chi connectivity index (χ2n) is 5.44. The number of aromatic nitrogens is 2. The van der Waals surface area contributed by atoms with E-state index in [-0.39, 0.29) is 5.56 Å². The highest BCUT2D eigenvalue weighted by atomic mass is 16.5. The number of aryl methyl sites for hydroxylation is 1. The lowest BCUT2D eigenvalue weighted by Crippen LogP contribution is -2.22. The predicted molar refractivity (Wildman–Crippen MR) is 90.8 cm³/mol. The lowest BCUT2D eigenvalue weighted by molar-refractivity contribution is 0.415. The average Bonchev–Trinajstić information content (AvgIpc) is 2.57. The van der Waals surface area contributed by atoms with E-state index in [1.165, 1.54) is 10.2 Å². The molecule has 0 fully saturated rings. The van der Waals surface area contributed by atoms with Gasteiger partial charge in [-0.3, -0.25) is 4.79 Å². The van der Waals surface area contributed by atoms with Crippen molar-refractivity contribution in [2.24, 2.45) is 0 Å². The smallest absolute Gasteiger partial charge is 0.267 e. The first kappa shape index (κ1) is 15.0. The van der Waals surface area contributed by atoms with Crippen LogP contribution in [0.2, 0.25) is 0 Å². The van der Waals surface area contributed by atoms with E-state index in [9.17, 15) is 4.79 Å². The van der Waals surface area contributed by atoms with Crippen molar-refractivity contribution in [3.63, 3.8) is 0 Å². The summed E-state index contributed by atoms with van der Waals surface area (Å²) in [5.41, 5.74) is 3.78. The van der Waals surface area contributed by atoms with Crippen LogP contribution in [-0.2, 0) is 6.54 Å². The van der Waals surface area contributed by atoms with Crippen LogP contribution < -0.4 is 10.3 Å². The van der Waals surface area contributed by atoms with Gasteiger partial charge < -0.3 is 4.74 Å². The van der Waals surface area contributed by atoms with E-state index in [1.807, 2.05) is 49.4 Å². The van der Waals surface area contributed by atoms with Gasteiger partial charge in [0, 0.05) is 11.6 Å². The molecule has 1 heterocycles. The maximum absolute atomic E-state index is 12.1. The molecule has 0 saturated carbocycles. The van der Waals surface area contributed by atoms with Crippen molar-refractivity contribution in [2.45, 2.75) is 13.5 Å². The zero-order chi connectivity index (χ0) is 16.2. The van der Waals surface area contributed by atoms with E-state index in [2.05, 4.69) is 11.2 Å². The molecule has 0 aliphatic carbocycles. The molecule has 0 saturated heterocycles. The lowest BCUT2D eigenvalue weighted by atomic mass is 10.1. The molecule has 0 unspecified atom stereocenters. The van der Waals surface area contributed by atoms with Crippen LogP contribution in [0.4, 0.5) is 0 Å². The molecule has 116 valence electrons. The molecule has 3 aromatic rings. The fourth-order valence-corrected chi connectivity index (χ4v) is 2.48. The first-order valence-corrected chi connectivity index (χ1v) is 7.44. The highest BCUT2D eigenvalue weighted by molar-refractivity contribution is 5.60. The Bertz CT molecular complexity index is 884. The Hall–Kier alpha value is -2.88. The quantitative estimate of drug-likeness (QED) is 0.743. The van der Waals surface area contributed by atoms with Gasteiger partial charge in [-0.2, -0.15) is 5.10 Å². The summed E-state index contributed by atoms with van der Waals surface area (Å²) in [5.74, 6) is 0.765. The Morgan fingerprint density at radius 1 is 1.04 bits per heavy atom. The summed E-state index contributed by atoms with van der Waals surface area (Å²) in [7, 11) is 1.63. The minimum absolute atomic E-state index is 0.113. The Kier molecular flexibility index (Phi) is 4.24.